The van der Waals surface area contributed by atoms with Gasteiger partial charge in [0.2, 0.25) is 5.82 Å². The lowest BCUT2D eigenvalue weighted by Gasteiger charge is -2.13. The topological polar surface area (TPSA) is 98.3 Å². The standard InChI is InChI=1S/C25H20BrN7O/c1-3-21-28-20-9-8-14(2)27-25(20)33(21)12-18-15-10-11-34-13-19(15)23(26)22(18)16-6-4-5-7-17(16)24-29-31-32-30-24/h4-11,13H,3,12H2,1-2H3,(H,29,30,31,32). The normalized spacial score (nSPS) is 11.6. The zero-order valence-corrected chi connectivity index (χ0v) is 20.2. The molecule has 168 valence electrons. The first-order valence-electron chi connectivity index (χ1n) is 11.0. The molecule has 2 aliphatic rings. The molecule has 0 radical (unpaired) electrons. The van der Waals surface area contributed by atoms with Crippen LogP contribution in [0.1, 0.15) is 24.0 Å². The molecule has 6 rings (SSSR count). The van der Waals surface area contributed by atoms with Gasteiger partial charge in [0.15, 0.2) is 5.65 Å². The van der Waals surface area contributed by atoms with E-state index in [0.29, 0.717) is 12.4 Å². The van der Waals surface area contributed by atoms with Crippen LogP contribution < -0.4 is 0 Å². The minimum Gasteiger partial charge on any atom is -0.472 e. The van der Waals surface area contributed by atoms with E-state index in [1.807, 2.05) is 43.3 Å². The molecule has 0 atom stereocenters. The first kappa shape index (κ1) is 20.7. The Morgan fingerprint density at radius 2 is 1.85 bits per heavy atom. The zero-order valence-electron chi connectivity index (χ0n) is 18.6. The Balaban J connectivity index is 1.63. The lowest BCUT2D eigenvalue weighted by atomic mass is 9.97. The molecule has 0 amide bonds. The molecule has 0 saturated carbocycles. The molecule has 9 heteroatoms. The van der Waals surface area contributed by atoms with Crippen LogP contribution >= 0.6 is 15.9 Å². The second-order valence-corrected chi connectivity index (χ2v) is 8.89. The van der Waals surface area contributed by atoms with Crippen LogP contribution in [0.2, 0.25) is 0 Å². The van der Waals surface area contributed by atoms with E-state index in [2.05, 4.69) is 54.1 Å². The predicted molar refractivity (Wildman–Crippen MR) is 132 cm³/mol. The Morgan fingerprint density at radius 3 is 2.65 bits per heavy atom. The Morgan fingerprint density at radius 1 is 1.00 bits per heavy atom. The average molecular weight is 514 g/mol. The van der Waals surface area contributed by atoms with Crippen LogP contribution in [-0.4, -0.2) is 35.2 Å². The Kier molecular flexibility index (Phi) is 4.99. The molecule has 0 spiro atoms. The van der Waals surface area contributed by atoms with Gasteiger partial charge in [-0.3, -0.25) is 0 Å². The number of pyridine rings is 1. The van der Waals surface area contributed by atoms with Gasteiger partial charge in [-0.15, -0.1) is 10.2 Å². The molecule has 8 nitrogen and oxygen atoms in total. The van der Waals surface area contributed by atoms with Crippen molar-refractivity contribution in [3.8, 4) is 33.6 Å². The lowest BCUT2D eigenvalue weighted by Crippen LogP contribution is -2.06. The van der Waals surface area contributed by atoms with Crippen LogP contribution in [0.4, 0.5) is 0 Å². The highest BCUT2D eigenvalue weighted by atomic mass is 79.9. The van der Waals surface area contributed by atoms with Gasteiger partial charge < -0.3 is 8.98 Å². The fraction of sp³-hybridized carbons (Fsp3) is 0.160. The second-order valence-electron chi connectivity index (χ2n) is 8.10. The maximum atomic E-state index is 5.54. The van der Waals surface area contributed by atoms with Crippen molar-refractivity contribution in [1.29, 1.82) is 0 Å². The fourth-order valence-electron chi connectivity index (χ4n) is 4.56. The number of rotatable bonds is 5. The van der Waals surface area contributed by atoms with Crippen molar-refractivity contribution >= 4 is 27.1 Å². The molecular weight excluding hydrogens is 494 g/mol. The molecule has 0 bridgehead atoms. The number of imidazole rings is 1. The molecule has 1 aliphatic carbocycles. The van der Waals surface area contributed by atoms with E-state index in [4.69, 9.17) is 14.4 Å². The quantitative estimate of drug-likeness (QED) is 0.319. The third-order valence-corrected chi connectivity index (χ3v) is 6.92. The minimum atomic E-state index is 0.544. The van der Waals surface area contributed by atoms with E-state index >= 15 is 0 Å². The summed E-state index contributed by atoms with van der Waals surface area (Å²) in [6.07, 6.45) is 4.29. The van der Waals surface area contributed by atoms with E-state index in [-0.39, 0.29) is 0 Å². The smallest absolute Gasteiger partial charge is 0.205 e. The van der Waals surface area contributed by atoms with Crippen LogP contribution in [-0.2, 0) is 13.0 Å². The van der Waals surface area contributed by atoms with Crippen LogP contribution in [0.25, 0.3) is 44.8 Å². The van der Waals surface area contributed by atoms with Gasteiger partial charge in [0.05, 0.1) is 19.1 Å². The monoisotopic (exact) mass is 513 g/mol. The van der Waals surface area contributed by atoms with Crippen molar-refractivity contribution in [3.63, 3.8) is 0 Å². The number of tetrazole rings is 1. The zero-order chi connectivity index (χ0) is 23.2. The summed E-state index contributed by atoms with van der Waals surface area (Å²) in [4.78, 5) is 9.68. The minimum absolute atomic E-state index is 0.544. The van der Waals surface area contributed by atoms with Gasteiger partial charge in [-0.25, -0.2) is 9.97 Å². The number of nitrogens with one attached hydrogen (secondary N) is 1. The van der Waals surface area contributed by atoms with E-state index in [0.717, 1.165) is 67.0 Å². The van der Waals surface area contributed by atoms with Gasteiger partial charge in [0, 0.05) is 33.3 Å². The maximum Gasteiger partial charge on any atom is 0.205 e. The third kappa shape index (κ3) is 3.23. The summed E-state index contributed by atoms with van der Waals surface area (Å²) in [5, 5.41) is 14.8. The highest BCUT2D eigenvalue weighted by Crippen LogP contribution is 2.48. The SMILES string of the molecule is CCc1nc2ccc(C)nc2n1Cc1c2ccocc-2c(Br)c1-c1ccccc1-c1nn[nH]n1. The Labute approximate surface area is 203 Å². The van der Waals surface area contributed by atoms with E-state index in [1.54, 1.807) is 12.5 Å². The molecule has 0 unspecified atom stereocenters. The molecule has 1 aliphatic heterocycles. The van der Waals surface area contributed by atoms with Crippen molar-refractivity contribution in [2.45, 2.75) is 26.8 Å². The fourth-order valence-corrected chi connectivity index (χ4v) is 5.32. The number of fused-ring (bicyclic) bond motifs is 2. The molecule has 1 aromatic carbocycles. The number of nitrogens with zero attached hydrogens (tertiary/aromatic N) is 6. The third-order valence-electron chi connectivity index (χ3n) is 6.10. The van der Waals surface area contributed by atoms with E-state index in [9.17, 15) is 0 Å². The number of H-pyrrole nitrogens is 1. The number of aromatic amines is 1. The van der Waals surface area contributed by atoms with Crippen molar-refractivity contribution in [2.24, 2.45) is 0 Å². The Hall–Kier alpha value is -3.85. The summed E-state index contributed by atoms with van der Waals surface area (Å²) in [6, 6.07) is 14.1. The van der Waals surface area contributed by atoms with Crippen molar-refractivity contribution in [1.82, 2.24) is 35.2 Å². The van der Waals surface area contributed by atoms with Crippen LogP contribution in [0, 0.1) is 6.92 Å². The number of aromatic nitrogens is 7. The number of benzene rings is 1. The molecule has 4 heterocycles. The highest BCUT2D eigenvalue weighted by molar-refractivity contribution is 9.10. The van der Waals surface area contributed by atoms with Gasteiger partial charge in [0.25, 0.3) is 0 Å². The predicted octanol–water partition coefficient (Wildman–Crippen LogP) is 5.66. The first-order valence-corrected chi connectivity index (χ1v) is 11.8. The van der Waals surface area contributed by atoms with Crippen molar-refractivity contribution in [2.75, 3.05) is 0 Å². The molecule has 3 aromatic heterocycles. The maximum absolute atomic E-state index is 5.54. The van der Waals surface area contributed by atoms with Crippen molar-refractivity contribution < 1.29 is 4.42 Å². The molecule has 1 N–H and O–H groups in total. The summed E-state index contributed by atoms with van der Waals surface area (Å²) >= 11 is 3.87. The van der Waals surface area contributed by atoms with E-state index < -0.39 is 0 Å². The molecule has 34 heavy (non-hydrogen) atoms. The summed E-state index contributed by atoms with van der Waals surface area (Å²) in [5.74, 6) is 1.54. The lowest BCUT2D eigenvalue weighted by molar-refractivity contribution is 0.551. The van der Waals surface area contributed by atoms with Gasteiger partial charge in [0.1, 0.15) is 11.3 Å². The summed E-state index contributed by atoms with van der Waals surface area (Å²) < 4.78 is 8.72. The first-order chi connectivity index (χ1) is 16.7. The van der Waals surface area contributed by atoms with Crippen LogP contribution in [0.15, 0.2) is 63.9 Å². The molecule has 0 fully saturated rings. The summed E-state index contributed by atoms with van der Waals surface area (Å²) in [7, 11) is 0. The number of aryl methyl sites for hydroxylation is 2. The second kappa shape index (κ2) is 8.18. The number of halogens is 1. The van der Waals surface area contributed by atoms with Crippen LogP contribution in [0.5, 0.6) is 0 Å². The van der Waals surface area contributed by atoms with Gasteiger partial charge in [-0.05, 0) is 63.0 Å². The Bertz CT molecular complexity index is 1600. The van der Waals surface area contributed by atoms with Crippen LogP contribution in [0.3, 0.4) is 0 Å². The number of hydrogen-bond acceptors (Lipinski definition) is 6. The highest BCUT2D eigenvalue weighted by Gasteiger charge is 2.27. The molecule has 4 aromatic rings. The van der Waals surface area contributed by atoms with Crippen molar-refractivity contribution in [3.05, 3.63) is 76.5 Å². The summed E-state index contributed by atoms with van der Waals surface area (Å²) in [5.41, 5.74) is 8.97. The number of hydrogen-bond donors (Lipinski definition) is 1. The van der Waals surface area contributed by atoms with Gasteiger partial charge >= 0.3 is 0 Å². The average Bonchev–Trinajstić information content (AvgIpc) is 3.58. The largest absolute Gasteiger partial charge is 0.472 e. The summed E-state index contributed by atoms with van der Waals surface area (Å²) in [6.45, 7) is 4.73. The molecule has 0 saturated heterocycles. The van der Waals surface area contributed by atoms with E-state index in [1.165, 1.54) is 0 Å². The van der Waals surface area contributed by atoms with Gasteiger partial charge in [-0.1, -0.05) is 31.2 Å². The molecular formula is C25H20BrN7O. The van der Waals surface area contributed by atoms with Gasteiger partial charge in [-0.2, -0.15) is 5.21 Å².